The lowest BCUT2D eigenvalue weighted by atomic mass is 10.2. The van der Waals surface area contributed by atoms with Gasteiger partial charge in [0.1, 0.15) is 35.1 Å². The Bertz CT molecular complexity index is 1030. The molecule has 0 saturated heterocycles. The third kappa shape index (κ3) is 6.81. The van der Waals surface area contributed by atoms with Gasteiger partial charge in [0.05, 0.1) is 0 Å². The van der Waals surface area contributed by atoms with Gasteiger partial charge in [-0.25, -0.2) is 14.6 Å². The van der Waals surface area contributed by atoms with Gasteiger partial charge in [0.15, 0.2) is 0 Å². The molecule has 0 aliphatic carbocycles. The summed E-state index contributed by atoms with van der Waals surface area (Å²) in [6.45, 7) is 5.32. The summed E-state index contributed by atoms with van der Waals surface area (Å²) >= 11 is 0. The smallest absolute Gasteiger partial charge is 0.413 e. The number of amides is 1. The van der Waals surface area contributed by atoms with Gasteiger partial charge in [-0.15, -0.1) is 0 Å². The number of nitrogens with zero attached hydrogens (tertiary/aromatic N) is 2. The molecule has 1 N–H and O–H groups in total. The van der Waals surface area contributed by atoms with Gasteiger partial charge in [-0.05, 0) is 39.0 Å². The Kier molecular flexibility index (Phi) is 6.81. The van der Waals surface area contributed by atoms with Crippen molar-refractivity contribution >= 4 is 17.9 Å². The van der Waals surface area contributed by atoms with Crippen LogP contribution in [0.15, 0.2) is 67.1 Å². The van der Waals surface area contributed by atoms with Crippen molar-refractivity contribution in [2.45, 2.75) is 33.0 Å². The van der Waals surface area contributed by atoms with E-state index in [1.807, 2.05) is 18.2 Å². The molecule has 2 heterocycles. The van der Waals surface area contributed by atoms with Crippen molar-refractivity contribution in [3.05, 3.63) is 78.2 Å². The second-order valence-corrected chi connectivity index (χ2v) is 7.54. The van der Waals surface area contributed by atoms with Gasteiger partial charge < -0.3 is 14.2 Å². The minimum Gasteiger partial charge on any atom is -0.457 e. The lowest BCUT2D eigenvalue weighted by molar-refractivity contribution is 0.0468. The number of benzene rings is 1. The van der Waals surface area contributed by atoms with Gasteiger partial charge in [-0.3, -0.25) is 10.3 Å². The van der Waals surface area contributed by atoms with Crippen LogP contribution in [-0.4, -0.2) is 27.6 Å². The first-order valence-electron chi connectivity index (χ1n) is 9.59. The Morgan fingerprint density at radius 2 is 1.77 bits per heavy atom. The molecular formula is C23H23N3O5. The van der Waals surface area contributed by atoms with Crippen LogP contribution in [-0.2, 0) is 16.1 Å². The zero-order valence-corrected chi connectivity index (χ0v) is 17.5. The first-order valence-corrected chi connectivity index (χ1v) is 9.59. The number of esters is 1. The van der Waals surface area contributed by atoms with Crippen molar-refractivity contribution in [2.24, 2.45) is 0 Å². The fourth-order valence-corrected chi connectivity index (χ4v) is 2.46. The number of carbonyl (C=O) groups excluding carboxylic acids is 2. The first-order chi connectivity index (χ1) is 14.8. The second kappa shape index (κ2) is 9.71. The third-order valence-corrected chi connectivity index (χ3v) is 3.80. The molecule has 0 aliphatic rings. The number of hydrogen-bond donors (Lipinski definition) is 1. The molecule has 0 radical (unpaired) electrons. The van der Waals surface area contributed by atoms with Gasteiger partial charge in [-0.2, -0.15) is 0 Å². The molecule has 3 rings (SSSR count). The standard InChI is InChI=1S/C23H23N3O5/c1-23(2,3)31-22(28)26-20-10-9-16(13-25-20)15-29-21(27)18-14-24-12-11-19(18)30-17-7-5-4-6-8-17/h4-14H,15H2,1-3H3,(H,25,26,28). The van der Waals surface area contributed by atoms with E-state index in [9.17, 15) is 9.59 Å². The summed E-state index contributed by atoms with van der Waals surface area (Å²) in [5.41, 5.74) is 0.258. The molecule has 0 bridgehead atoms. The Hall–Kier alpha value is -3.94. The summed E-state index contributed by atoms with van der Waals surface area (Å²) in [5, 5.41) is 2.54. The number of para-hydroxylation sites is 1. The van der Waals surface area contributed by atoms with E-state index in [2.05, 4.69) is 15.3 Å². The fraction of sp³-hybridized carbons (Fsp3) is 0.217. The van der Waals surface area contributed by atoms with Crippen molar-refractivity contribution in [3.8, 4) is 11.5 Å². The predicted octanol–water partition coefficient (Wildman–Crippen LogP) is 4.97. The van der Waals surface area contributed by atoms with Crippen LogP contribution in [0, 0.1) is 0 Å². The molecule has 8 heteroatoms. The van der Waals surface area contributed by atoms with Crippen LogP contribution in [0.2, 0.25) is 0 Å². The summed E-state index contributed by atoms with van der Waals surface area (Å²) < 4.78 is 16.3. The SMILES string of the molecule is CC(C)(C)OC(=O)Nc1ccc(COC(=O)c2cnccc2Oc2ccccc2)cn1. The molecule has 3 aromatic rings. The van der Waals surface area contributed by atoms with E-state index in [0.29, 0.717) is 22.9 Å². The lowest BCUT2D eigenvalue weighted by Crippen LogP contribution is -2.27. The number of hydrogen-bond acceptors (Lipinski definition) is 7. The number of aromatic nitrogens is 2. The van der Waals surface area contributed by atoms with Crippen LogP contribution in [0.1, 0.15) is 36.7 Å². The minimum absolute atomic E-state index is 0.00176. The number of nitrogens with one attached hydrogen (secondary N) is 1. The van der Waals surface area contributed by atoms with Crippen molar-refractivity contribution in [1.82, 2.24) is 9.97 Å². The normalized spacial score (nSPS) is 10.8. The van der Waals surface area contributed by atoms with Crippen LogP contribution in [0.5, 0.6) is 11.5 Å². The zero-order chi connectivity index (χ0) is 22.3. The van der Waals surface area contributed by atoms with Gasteiger partial charge in [-0.1, -0.05) is 24.3 Å². The number of carbonyl (C=O) groups is 2. The van der Waals surface area contributed by atoms with E-state index >= 15 is 0 Å². The highest BCUT2D eigenvalue weighted by Gasteiger charge is 2.17. The topological polar surface area (TPSA) is 99.6 Å². The van der Waals surface area contributed by atoms with Gasteiger partial charge in [0.25, 0.3) is 0 Å². The maximum absolute atomic E-state index is 12.5. The number of pyridine rings is 2. The van der Waals surface area contributed by atoms with Crippen LogP contribution in [0.4, 0.5) is 10.6 Å². The lowest BCUT2D eigenvalue weighted by Gasteiger charge is -2.19. The van der Waals surface area contributed by atoms with Crippen molar-refractivity contribution in [2.75, 3.05) is 5.32 Å². The second-order valence-electron chi connectivity index (χ2n) is 7.54. The quantitative estimate of drug-likeness (QED) is 0.561. The number of anilines is 1. The molecule has 0 unspecified atom stereocenters. The minimum atomic E-state index is -0.604. The Labute approximate surface area is 180 Å². The summed E-state index contributed by atoms with van der Waals surface area (Å²) in [4.78, 5) is 32.4. The van der Waals surface area contributed by atoms with E-state index in [4.69, 9.17) is 14.2 Å². The molecule has 1 amide bonds. The number of ether oxygens (including phenoxy) is 3. The van der Waals surface area contributed by atoms with Gasteiger partial charge in [0, 0.05) is 30.2 Å². The molecule has 160 valence electrons. The van der Waals surface area contributed by atoms with Crippen molar-refractivity contribution in [3.63, 3.8) is 0 Å². The predicted molar refractivity (Wildman–Crippen MR) is 114 cm³/mol. The molecule has 0 saturated carbocycles. The highest BCUT2D eigenvalue weighted by atomic mass is 16.6. The average molecular weight is 421 g/mol. The van der Waals surface area contributed by atoms with Crippen LogP contribution in [0.3, 0.4) is 0 Å². The summed E-state index contributed by atoms with van der Waals surface area (Å²) in [6, 6.07) is 14.0. The summed E-state index contributed by atoms with van der Waals surface area (Å²) in [6.07, 6.45) is 3.84. The first kappa shape index (κ1) is 21.8. The van der Waals surface area contributed by atoms with E-state index in [-0.39, 0.29) is 12.2 Å². The molecule has 1 aromatic carbocycles. The molecule has 0 aliphatic heterocycles. The monoisotopic (exact) mass is 421 g/mol. The Morgan fingerprint density at radius 3 is 2.45 bits per heavy atom. The molecule has 0 spiro atoms. The zero-order valence-electron chi connectivity index (χ0n) is 17.5. The summed E-state index contributed by atoms with van der Waals surface area (Å²) in [7, 11) is 0. The van der Waals surface area contributed by atoms with Gasteiger partial charge >= 0.3 is 12.1 Å². The van der Waals surface area contributed by atoms with E-state index < -0.39 is 17.7 Å². The maximum atomic E-state index is 12.5. The van der Waals surface area contributed by atoms with Crippen molar-refractivity contribution < 1.29 is 23.8 Å². The molecular weight excluding hydrogens is 398 g/mol. The van der Waals surface area contributed by atoms with Gasteiger partial charge in [0.2, 0.25) is 0 Å². The van der Waals surface area contributed by atoms with E-state index in [1.54, 1.807) is 51.1 Å². The van der Waals surface area contributed by atoms with Crippen LogP contribution >= 0.6 is 0 Å². The largest absolute Gasteiger partial charge is 0.457 e. The average Bonchev–Trinajstić information content (AvgIpc) is 2.73. The van der Waals surface area contributed by atoms with Crippen LogP contribution < -0.4 is 10.1 Å². The molecule has 8 nitrogen and oxygen atoms in total. The molecule has 2 aromatic heterocycles. The highest BCUT2D eigenvalue weighted by Crippen LogP contribution is 2.25. The molecule has 0 fully saturated rings. The Balaban J connectivity index is 1.58. The van der Waals surface area contributed by atoms with E-state index in [1.165, 1.54) is 18.6 Å². The summed E-state index contributed by atoms with van der Waals surface area (Å²) in [5.74, 6) is 0.700. The molecule has 31 heavy (non-hydrogen) atoms. The number of rotatable bonds is 6. The maximum Gasteiger partial charge on any atom is 0.413 e. The van der Waals surface area contributed by atoms with Crippen molar-refractivity contribution in [1.29, 1.82) is 0 Å². The highest BCUT2D eigenvalue weighted by molar-refractivity contribution is 5.92. The molecule has 0 atom stereocenters. The van der Waals surface area contributed by atoms with Crippen LogP contribution in [0.25, 0.3) is 0 Å². The van der Waals surface area contributed by atoms with E-state index in [0.717, 1.165) is 0 Å². The Morgan fingerprint density at radius 1 is 1.00 bits per heavy atom. The fourth-order valence-electron chi connectivity index (χ4n) is 2.46. The third-order valence-electron chi connectivity index (χ3n) is 3.80.